The monoisotopic (exact) mass is 475 g/mol. The fourth-order valence-corrected chi connectivity index (χ4v) is 4.04. The molecule has 4 rings (SSSR count). The van der Waals surface area contributed by atoms with Gasteiger partial charge in [-0.15, -0.1) is 24.8 Å². The Hall–Kier alpha value is -1.39. The third-order valence-electron chi connectivity index (χ3n) is 5.23. The summed E-state index contributed by atoms with van der Waals surface area (Å²) in [4.78, 5) is 2.22. The van der Waals surface area contributed by atoms with E-state index in [1.165, 1.54) is 33.0 Å². The molecule has 0 spiro atoms. The Labute approximate surface area is 206 Å². The van der Waals surface area contributed by atoms with Gasteiger partial charge in [-0.3, -0.25) is 0 Å². The van der Waals surface area contributed by atoms with Crippen LogP contribution in [0.2, 0.25) is 0 Å². The second-order valence-electron chi connectivity index (χ2n) is 7.37. The van der Waals surface area contributed by atoms with E-state index >= 15 is 0 Å². The smallest absolute Gasteiger partial charge is 0.0687 e. The molecule has 0 fully saturated rings. The van der Waals surface area contributed by atoms with Crippen LogP contribution in [0.4, 0.5) is 0 Å². The molecule has 30 heavy (non-hydrogen) atoms. The molecule has 0 saturated heterocycles. The molecule has 0 aromatic heterocycles. The van der Waals surface area contributed by atoms with E-state index in [4.69, 9.17) is 0 Å². The Morgan fingerprint density at radius 3 is 2.30 bits per heavy atom. The predicted molar refractivity (Wildman–Crippen MR) is 129 cm³/mol. The molecule has 0 radical (unpaired) electrons. The molecular weight excluding hydrogens is 449 g/mol. The summed E-state index contributed by atoms with van der Waals surface area (Å²) in [7, 11) is 4.22. The van der Waals surface area contributed by atoms with Crippen molar-refractivity contribution in [2.75, 3.05) is 20.6 Å². The molecule has 0 atom stereocenters. The average Bonchev–Trinajstić information content (AvgIpc) is 3.14. The Balaban J connectivity index is 0.00000150. The molecule has 0 saturated carbocycles. The van der Waals surface area contributed by atoms with Crippen molar-refractivity contribution >= 4 is 41.2 Å². The van der Waals surface area contributed by atoms with Gasteiger partial charge in [-0.05, 0) is 64.7 Å². The van der Waals surface area contributed by atoms with E-state index in [0.717, 1.165) is 24.1 Å². The summed E-state index contributed by atoms with van der Waals surface area (Å²) in [5.41, 5.74) is 7.35. The number of benzene rings is 3. The zero-order valence-electron chi connectivity index (χ0n) is 17.3. The zero-order chi connectivity index (χ0) is 18.8. The minimum absolute atomic E-state index is 0. The first kappa shape index (κ1) is 26.6. The van der Waals surface area contributed by atoms with E-state index in [1.54, 1.807) is 0 Å². The molecule has 1 aliphatic carbocycles. The molecule has 0 bridgehead atoms. The number of allylic oxidation sites excluding steroid dienone is 2. The van der Waals surface area contributed by atoms with Gasteiger partial charge >= 0.3 is 0 Å². The average molecular weight is 476 g/mol. The van der Waals surface area contributed by atoms with Crippen molar-refractivity contribution in [3.05, 3.63) is 89.5 Å². The quantitative estimate of drug-likeness (QED) is 0.449. The largest absolute Gasteiger partial charge is 0.392 e. The minimum Gasteiger partial charge on any atom is -0.392 e. The van der Waals surface area contributed by atoms with Crippen molar-refractivity contribution in [1.29, 1.82) is 0 Å². The SMILES string of the molecule is CN(C)CC1=C(c2ccc3ccccc3c2-c2ccccc2CO)CC=C1.Cl.Cl.[Ti]. The summed E-state index contributed by atoms with van der Waals surface area (Å²) in [6, 6.07) is 21.2. The molecule has 1 N–H and O–H groups in total. The van der Waals surface area contributed by atoms with E-state index in [9.17, 15) is 5.11 Å². The Morgan fingerprint density at radius 1 is 0.867 bits per heavy atom. The van der Waals surface area contributed by atoms with Crippen LogP contribution in [0.5, 0.6) is 0 Å². The van der Waals surface area contributed by atoms with Crippen LogP contribution in [0, 0.1) is 0 Å². The van der Waals surface area contributed by atoms with Gasteiger partial charge in [-0.1, -0.05) is 72.8 Å². The maximum Gasteiger partial charge on any atom is 0.0687 e. The standard InChI is InChI=1S/C25H25NO.2ClH.Ti/c1-26(2)16-19-10-7-13-21(19)24-15-14-18-8-3-5-11-22(18)25(24)23-12-6-4-9-20(23)17-27;;;/h3-12,14-15,27H,13,16-17H2,1-2H3;2*1H;. The van der Waals surface area contributed by atoms with Gasteiger partial charge in [0, 0.05) is 28.3 Å². The van der Waals surface area contributed by atoms with E-state index in [-0.39, 0.29) is 53.1 Å². The van der Waals surface area contributed by atoms with Gasteiger partial charge in [-0.25, -0.2) is 0 Å². The summed E-state index contributed by atoms with van der Waals surface area (Å²) < 4.78 is 0. The molecular formula is C25H27Cl2NOTi. The van der Waals surface area contributed by atoms with Gasteiger partial charge < -0.3 is 10.0 Å². The second kappa shape index (κ2) is 11.9. The Bertz CT molecular complexity index is 1060. The molecule has 0 amide bonds. The topological polar surface area (TPSA) is 23.5 Å². The molecule has 3 aromatic rings. The summed E-state index contributed by atoms with van der Waals surface area (Å²) in [6.45, 7) is 0.973. The maximum atomic E-state index is 9.95. The van der Waals surface area contributed by atoms with Crippen molar-refractivity contribution in [1.82, 2.24) is 4.90 Å². The molecule has 0 aliphatic heterocycles. The number of fused-ring (bicyclic) bond motifs is 1. The van der Waals surface area contributed by atoms with Crippen LogP contribution in [0.15, 0.2) is 78.4 Å². The Kier molecular flexibility index (Phi) is 10.5. The van der Waals surface area contributed by atoms with Crippen LogP contribution in [0.1, 0.15) is 17.5 Å². The molecule has 2 nitrogen and oxygen atoms in total. The zero-order valence-corrected chi connectivity index (χ0v) is 20.5. The minimum atomic E-state index is 0. The Morgan fingerprint density at radius 2 is 1.57 bits per heavy atom. The van der Waals surface area contributed by atoms with Gasteiger partial charge in [-0.2, -0.15) is 0 Å². The summed E-state index contributed by atoms with van der Waals surface area (Å²) >= 11 is 0. The van der Waals surface area contributed by atoms with Crippen molar-refractivity contribution in [3.63, 3.8) is 0 Å². The second-order valence-corrected chi connectivity index (χ2v) is 7.37. The van der Waals surface area contributed by atoms with Crippen molar-refractivity contribution < 1.29 is 26.8 Å². The number of aliphatic hydroxyl groups excluding tert-OH is 1. The fraction of sp³-hybridized carbons (Fsp3) is 0.200. The molecule has 156 valence electrons. The van der Waals surface area contributed by atoms with Crippen molar-refractivity contribution in [2.24, 2.45) is 0 Å². The number of aliphatic hydroxyl groups is 1. The number of nitrogens with zero attached hydrogens (tertiary/aromatic N) is 1. The van der Waals surface area contributed by atoms with Crippen LogP contribution in [0.25, 0.3) is 27.5 Å². The number of rotatable bonds is 5. The molecule has 0 heterocycles. The predicted octanol–water partition coefficient (Wildman–Crippen LogP) is 6.12. The number of hydrogen-bond donors (Lipinski definition) is 1. The van der Waals surface area contributed by atoms with Crippen molar-refractivity contribution in [2.45, 2.75) is 13.0 Å². The summed E-state index contributed by atoms with van der Waals surface area (Å²) in [5.74, 6) is 0. The van der Waals surface area contributed by atoms with Crippen LogP contribution in [-0.4, -0.2) is 30.6 Å². The van der Waals surface area contributed by atoms with Crippen LogP contribution >= 0.6 is 24.8 Å². The van der Waals surface area contributed by atoms with Crippen LogP contribution in [-0.2, 0) is 28.3 Å². The maximum absolute atomic E-state index is 9.95. The van der Waals surface area contributed by atoms with Gasteiger partial charge in [0.25, 0.3) is 0 Å². The van der Waals surface area contributed by atoms with E-state index in [2.05, 4.69) is 79.7 Å². The fourth-order valence-electron chi connectivity index (χ4n) is 4.04. The number of likely N-dealkylation sites (N-methyl/N-ethyl adjacent to an activating group) is 1. The molecule has 3 aromatic carbocycles. The number of halogens is 2. The van der Waals surface area contributed by atoms with Gasteiger partial charge in [0.05, 0.1) is 6.61 Å². The number of hydrogen-bond acceptors (Lipinski definition) is 2. The molecule has 0 unspecified atom stereocenters. The summed E-state index contributed by atoms with van der Waals surface area (Å²) in [5, 5.41) is 12.4. The van der Waals surface area contributed by atoms with E-state index in [0.29, 0.717) is 0 Å². The first-order chi connectivity index (χ1) is 13.2. The van der Waals surface area contributed by atoms with Gasteiger partial charge in [0.2, 0.25) is 0 Å². The third kappa shape index (κ3) is 5.26. The van der Waals surface area contributed by atoms with E-state index in [1.807, 2.05) is 12.1 Å². The van der Waals surface area contributed by atoms with E-state index < -0.39 is 0 Å². The first-order valence-electron chi connectivity index (χ1n) is 9.43. The molecule has 5 heteroatoms. The molecule has 1 aliphatic rings. The first-order valence-corrected chi connectivity index (χ1v) is 9.43. The third-order valence-corrected chi connectivity index (χ3v) is 5.23. The van der Waals surface area contributed by atoms with Crippen LogP contribution in [0.3, 0.4) is 0 Å². The van der Waals surface area contributed by atoms with Gasteiger partial charge in [0.1, 0.15) is 0 Å². The van der Waals surface area contributed by atoms with Crippen molar-refractivity contribution in [3.8, 4) is 11.1 Å². The summed E-state index contributed by atoms with van der Waals surface area (Å²) in [6.07, 6.45) is 5.47. The van der Waals surface area contributed by atoms with Gasteiger partial charge in [0.15, 0.2) is 0 Å². The van der Waals surface area contributed by atoms with Crippen LogP contribution < -0.4 is 0 Å². The normalized spacial score (nSPS) is 12.5.